The zero-order valence-corrected chi connectivity index (χ0v) is 18.2. The van der Waals surface area contributed by atoms with E-state index in [0.29, 0.717) is 6.42 Å². The molecule has 28 heavy (non-hydrogen) atoms. The first-order valence-corrected chi connectivity index (χ1v) is 11.5. The Morgan fingerprint density at radius 2 is 1.07 bits per heavy atom. The molecule has 0 aromatic heterocycles. The molecular formula is C23H46NNaO3. The summed E-state index contributed by atoms with van der Waals surface area (Å²) >= 11 is 0. The van der Waals surface area contributed by atoms with Crippen LogP contribution in [-0.4, -0.2) is 52.6 Å². The van der Waals surface area contributed by atoms with Crippen molar-refractivity contribution in [3.8, 4) is 0 Å². The molecule has 0 aliphatic heterocycles. The van der Waals surface area contributed by atoms with Gasteiger partial charge in [-0.05, 0) is 12.3 Å². The Morgan fingerprint density at radius 1 is 0.714 bits per heavy atom. The van der Waals surface area contributed by atoms with Gasteiger partial charge >= 0.3 is 35.5 Å². The summed E-state index contributed by atoms with van der Waals surface area (Å²) in [6, 6.07) is -0.770. The fourth-order valence-corrected chi connectivity index (χ4v) is 3.42. The van der Waals surface area contributed by atoms with Gasteiger partial charge < -0.3 is 10.4 Å². The third kappa shape index (κ3) is 19.3. The summed E-state index contributed by atoms with van der Waals surface area (Å²) in [6.45, 7) is 5.89. The molecule has 2 N–H and O–H groups in total. The number of nitrogens with one attached hydrogen (secondary N) is 1. The van der Waals surface area contributed by atoms with Gasteiger partial charge in [-0.2, -0.15) is 0 Å². The SMILES string of the molecule is CCCCCCCCCCCCCCCCCC(=O)N[C@@H](C(=O)O)C(C)C.[NaH]. The van der Waals surface area contributed by atoms with Crippen LogP contribution in [0.3, 0.4) is 0 Å². The summed E-state index contributed by atoms with van der Waals surface area (Å²) in [5, 5.41) is 11.7. The Labute approximate surface area is 196 Å². The van der Waals surface area contributed by atoms with Crippen molar-refractivity contribution in [3.63, 3.8) is 0 Å². The molecule has 0 bridgehead atoms. The Morgan fingerprint density at radius 3 is 1.39 bits per heavy atom. The average molecular weight is 408 g/mol. The molecule has 0 aromatic rings. The normalized spacial score (nSPS) is 11.9. The van der Waals surface area contributed by atoms with E-state index in [2.05, 4.69) is 12.2 Å². The number of unbranched alkanes of at least 4 members (excludes halogenated alkanes) is 14. The molecule has 0 aliphatic rings. The first-order chi connectivity index (χ1) is 13.0. The maximum absolute atomic E-state index is 11.8. The molecule has 162 valence electrons. The van der Waals surface area contributed by atoms with Crippen molar-refractivity contribution in [2.24, 2.45) is 5.92 Å². The van der Waals surface area contributed by atoms with Crippen LogP contribution >= 0.6 is 0 Å². The molecule has 0 unspecified atom stereocenters. The number of hydrogen-bond donors (Lipinski definition) is 2. The van der Waals surface area contributed by atoms with Crippen LogP contribution in [0, 0.1) is 5.92 Å². The molecule has 1 atom stereocenters. The molecule has 0 aromatic carbocycles. The van der Waals surface area contributed by atoms with Crippen LogP contribution in [-0.2, 0) is 9.59 Å². The van der Waals surface area contributed by atoms with E-state index in [4.69, 9.17) is 5.11 Å². The van der Waals surface area contributed by atoms with Crippen molar-refractivity contribution >= 4 is 41.4 Å². The van der Waals surface area contributed by atoms with E-state index in [0.717, 1.165) is 12.8 Å². The van der Waals surface area contributed by atoms with E-state index in [1.807, 2.05) is 13.8 Å². The van der Waals surface area contributed by atoms with E-state index >= 15 is 0 Å². The standard InChI is InChI=1S/C23H45NO3.Na.H/c1-4-5-6-7-8-9-10-11-12-13-14-15-16-17-18-19-21(25)24-22(20(2)3)23(26)27;;/h20,22H,4-19H2,1-3H3,(H,24,25)(H,26,27);;/t22-;;/m1../s1. The van der Waals surface area contributed by atoms with Crippen LogP contribution < -0.4 is 5.32 Å². The van der Waals surface area contributed by atoms with Crippen LogP contribution in [0.2, 0.25) is 0 Å². The van der Waals surface area contributed by atoms with E-state index in [1.54, 1.807) is 0 Å². The number of carboxylic acid groups (broad SMARTS) is 1. The Balaban J connectivity index is 0. The van der Waals surface area contributed by atoms with Gasteiger partial charge in [0, 0.05) is 6.42 Å². The summed E-state index contributed by atoms with van der Waals surface area (Å²) in [5.41, 5.74) is 0. The molecule has 0 radical (unpaired) electrons. The molecule has 4 nitrogen and oxygen atoms in total. The number of carboxylic acids is 1. The van der Waals surface area contributed by atoms with Gasteiger partial charge in [0.25, 0.3) is 0 Å². The number of amides is 1. The Bertz CT molecular complexity index is 375. The van der Waals surface area contributed by atoms with E-state index in [1.165, 1.54) is 83.5 Å². The third-order valence-electron chi connectivity index (χ3n) is 5.26. The van der Waals surface area contributed by atoms with Gasteiger partial charge in [0.05, 0.1) is 0 Å². The van der Waals surface area contributed by atoms with Gasteiger partial charge in [-0.15, -0.1) is 0 Å². The maximum atomic E-state index is 11.8. The first kappa shape index (κ1) is 30.1. The molecule has 0 fully saturated rings. The minimum atomic E-state index is -0.949. The predicted octanol–water partition coefficient (Wildman–Crippen LogP) is 5.82. The molecule has 0 saturated carbocycles. The molecule has 0 heterocycles. The van der Waals surface area contributed by atoms with Crippen LogP contribution in [0.4, 0.5) is 0 Å². The second-order valence-corrected chi connectivity index (χ2v) is 8.33. The predicted molar refractivity (Wildman–Crippen MR) is 121 cm³/mol. The number of carbonyl (C=O) groups is 2. The minimum absolute atomic E-state index is 0. The second kappa shape index (κ2) is 21.6. The molecule has 0 spiro atoms. The summed E-state index contributed by atoms with van der Waals surface area (Å²) in [4.78, 5) is 22.9. The molecule has 0 rings (SSSR count). The zero-order chi connectivity index (χ0) is 20.3. The topological polar surface area (TPSA) is 66.4 Å². The molecular weight excluding hydrogens is 361 g/mol. The van der Waals surface area contributed by atoms with Gasteiger partial charge in [-0.1, -0.05) is 111 Å². The quantitative estimate of drug-likeness (QED) is 0.209. The molecule has 5 heteroatoms. The fourth-order valence-electron chi connectivity index (χ4n) is 3.42. The van der Waals surface area contributed by atoms with Gasteiger partial charge in [0.1, 0.15) is 6.04 Å². The number of hydrogen-bond acceptors (Lipinski definition) is 2. The number of carbonyl (C=O) groups excluding carboxylic acids is 1. The van der Waals surface area contributed by atoms with Crippen molar-refractivity contribution < 1.29 is 14.7 Å². The van der Waals surface area contributed by atoms with Crippen LogP contribution in [0.5, 0.6) is 0 Å². The van der Waals surface area contributed by atoms with Crippen molar-refractivity contribution in [2.45, 2.75) is 130 Å². The van der Waals surface area contributed by atoms with Crippen LogP contribution in [0.25, 0.3) is 0 Å². The second-order valence-electron chi connectivity index (χ2n) is 8.33. The number of aliphatic carboxylic acids is 1. The van der Waals surface area contributed by atoms with Gasteiger partial charge in [0.2, 0.25) is 5.91 Å². The van der Waals surface area contributed by atoms with Crippen molar-refractivity contribution in [1.82, 2.24) is 5.32 Å². The van der Waals surface area contributed by atoms with Gasteiger partial charge in [-0.3, -0.25) is 4.79 Å². The molecule has 1 amide bonds. The molecule has 0 saturated heterocycles. The van der Waals surface area contributed by atoms with Crippen LogP contribution in [0.1, 0.15) is 124 Å². The Hall–Kier alpha value is -0.0600. The summed E-state index contributed by atoms with van der Waals surface area (Å²) in [7, 11) is 0. The monoisotopic (exact) mass is 407 g/mol. The van der Waals surface area contributed by atoms with Crippen molar-refractivity contribution in [1.29, 1.82) is 0 Å². The van der Waals surface area contributed by atoms with E-state index < -0.39 is 12.0 Å². The summed E-state index contributed by atoms with van der Waals surface area (Å²) in [6.07, 6.45) is 19.9. The van der Waals surface area contributed by atoms with Gasteiger partial charge in [-0.25, -0.2) is 4.79 Å². The summed E-state index contributed by atoms with van der Waals surface area (Å²) < 4.78 is 0. The fraction of sp³-hybridized carbons (Fsp3) is 0.913. The summed E-state index contributed by atoms with van der Waals surface area (Å²) in [5.74, 6) is -1.17. The first-order valence-electron chi connectivity index (χ1n) is 11.5. The third-order valence-corrected chi connectivity index (χ3v) is 5.26. The zero-order valence-electron chi connectivity index (χ0n) is 18.2. The van der Waals surface area contributed by atoms with Crippen molar-refractivity contribution in [3.05, 3.63) is 0 Å². The van der Waals surface area contributed by atoms with Gasteiger partial charge in [0.15, 0.2) is 0 Å². The van der Waals surface area contributed by atoms with E-state index in [9.17, 15) is 9.59 Å². The van der Waals surface area contributed by atoms with Crippen LogP contribution in [0.15, 0.2) is 0 Å². The number of rotatable bonds is 19. The molecule has 0 aliphatic carbocycles. The Kier molecular flexibility index (Phi) is 23.3. The van der Waals surface area contributed by atoms with Crippen molar-refractivity contribution in [2.75, 3.05) is 0 Å². The van der Waals surface area contributed by atoms with E-state index in [-0.39, 0.29) is 41.4 Å². The average Bonchev–Trinajstić information content (AvgIpc) is 2.62.